The number of nitrogens with zero attached hydrogens (tertiary/aromatic N) is 2. The van der Waals surface area contributed by atoms with Crippen LogP contribution in [-0.4, -0.2) is 37.3 Å². The number of hydrogen-bond donors (Lipinski definition) is 2. The molecule has 1 aromatic heterocycles. The van der Waals surface area contributed by atoms with Gasteiger partial charge in [-0.05, 0) is 29.8 Å². The summed E-state index contributed by atoms with van der Waals surface area (Å²) in [7, 11) is 1.78. The molecule has 1 aliphatic rings. The Morgan fingerprint density at radius 2 is 1.88 bits per heavy atom. The number of benzene rings is 1. The maximum absolute atomic E-state index is 5.73. The number of fused-ring (bicyclic) bond motifs is 1. The molecule has 7 heteroatoms. The molecule has 0 spiro atoms. The molecule has 0 fully saturated rings. The van der Waals surface area contributed by atoms with Gasteiger partial charge in [-0.2, -0.15) is 0 Å². The van der Waals surface area contributed by atoms with Crippen LogP contribution in [0.1, 0.15) is 12.0 Å². The molecular formula is C18H25IN4O2. The van der Waals surface area contributed by atoms with Crippen LogP contribution in [0.4, 0.5) is 0 Å². The molecule has 0 amide bonds. The van der Waals surface area contributed by atoms with Gasteiger partial charge in [0, 0.05) is 45.5 Å². The maximum atomic E-state index is 5.73. The topological polar surface area (TPSA) is 59.8 Å². The summed E-state index contributed by atoms with van der Waals surface area (Å²) in [6.07, 6.45) is 5.02. The van der Waals surface area contributed by atoms with Gasteiger partial charge in [0.1, 0.15) is 0 Å². The van der Waals surface area contributed by atoms with E-state index in [-0.39, 0.29) is 24.0 Å². The fourth-order valence-corrected chi connectivity index (χ4v) is 2.55. The first kappa shape index (κ1) is 19.4. The van der Waals surface area contributed by atoms with Crippen molar-refractivity contribution in [2.45, 2.75) is 19.5 Å². The van der Waals surface area contributed by atoms with Crippen molar-refractivity contribution in [1.29, 1.82) is 0 Å². The fraction of sp³-hybridized carbons (Fsp3) is 0.389. The summed E-state index contributed by atoms with van der Waals surface area (Å²) >= 11 is 0. The van der Waals surface area contributed by atoms with Crippen LogP contribution in [0.2, 0.25) is 0 Å². The van der Waals surface area contributed by atoms with Crippen LogP contribution < -0.4 is 20.1 Å². The van der Waals surface area contributed by atoms with E-state index in [0.717, 1.165) is 42.5 Å². The van der Waals surface area contributed by atoms with E-state index in [1.807, 2.05) is 30.3 Å². The molecule has 0 atom stereocenters. The smallest absolute Gasteiger partial charge is 0.191 e. The number of rotatable bonds is 5. The number of aromatic nitrogens is 1. The summed E-state index contributed by atoms with van der Waals surface area (Å²) in [4.78, 5) is 4.25. The number of guanidine groups is 1. The molecule has 2 aromatic rings. The summed E-state index contributed by atoms with van der Waals surface area (Å²) in [5.74, 6) is 2.43. The van der Waals surface area contributed by atoms with Crippen molar-refractivity contribution in [3.8, 4) is 11.5 Å². The van der Waals surface area contributed by atoms with E-state index >= 15 is 0 Å². The number of nitrogens with one attached hydrogen (secondary N) is 2. The van der Waals surface area contributed by atoms with E-state index in [1.165, 1.54) is 0 Å². The van der Waals surface area contributed by atoms with Gasteiger partial charge in [0.2, 0.25) is 0 Å². The van der Waals surface area contributed by atoms with Crippen molar-refractivity contribution in [2.24, 2.45) is 4.99 Å². The Labute approximate surface area is 165 Å². The first-order valence-electron chi connectivity index (χ1n) is 8.29. The lowest BCUT2D eigenvalue weighted by molar-refractivity contribution is 0.297. The van der Waals surface area contributed by atoms with Crippen molar-refractivity contribution in [3.63, 3.8) is 0 Å². The monoisotopic (exact) mass is 456 g/mol. The Balaban J connectivity index is 0.00000225. The second-order valence-electron chi connectivity index (χ2n) is 5.60. The first-order chi connectivity index (χ1) is 11.8. The predicted molar refractivity (Wildman–Crippen MR) is 110 cm³/mol. The average molecular weight is 456 g/mol. The van der Waals surface area contributed by atoms with E-state index in [9.17, 15) is 0 Å². The van der Waals surface area contributed by atoms with Crippen LogP contribution in [0.15, 0.2) is 47.7 Å². The zero-order valence-corrected chi connectivity index (χ0v) is 16.7. The number of hydrogen-bond acceptors (Lipinski definition) is 3. The molecule has 0 saturated heterocycles. The van der Waals surface area contributed by atoms with E-state index < -0.39 is 0 Å². The lowest BCUT2D eigenvalue weighted by Crippen LogP contribution is -2.38. The molecule has 6 nitrogen and oxygen atoms in total. The van der Waals surface area contributed by atoms with Gasteiger partial charge < -0.3 is 24.7 Å². The highest BCUT2D eigenvalue weighted by molar-refractivity contribution is 14.0. The molecule has 3 rings (SSSR count). The van der Waals surface area contributed by atoms with Crippen LogP contribution >= 0.6 is 24.0 Å². The molecule has 0 radical (unpaired) electrons. The van der Waals surface area contributed by atoms with Crippen molar-refractivity contribution in [3.05, 3.63) is 48.3 Å². The Hall–Kier alpha value is -1.90. The SMILES string of the molecule is CN=C(NCCn1cccc1)NCc1ccc2c(c1)OCCCO2.I. The second kappa shape index (κ2) is 10.2. The molecular weight excluding hydrogens is 431 g/mol. The number of aliphatic imine (C=N–C) groups is 1. The van der Waals surface area contributed by atoms with Crippen molar-refractivity contribution in [1.82, 2.24) is 15.2 Å². The minimum absolute atomic E-state index is 0. The minimum Gasteiger partial charge on any atom is -0.490 e. The first-order valence-corrected chi connectivity index (χ1v) is 8.29. The van der Waals surface area contributed by atoms with Gasteiger partial charge in [0.05, 0.1) is 13.2 Å². The lowest BCUT2D eigenvalue weighted by Gasteiger charge is -2.13. The number of ether oxygens (including phenoxy) is 2. The molecule has 0 aliphatic carbocycles. The minimum atomic E-state index is 0. The molecule has 1 aliphatic heterocycles. The fourth-order valence-electron chi connectivity index (χ4n) is 2.55. The molecule has 0 unspecified atom stereocenters. The third kappa shape index (κ3) is 5.84. The van der Waals surface area contributed by atoms with Gasteiger partial charge in [-0.15, -0.1) is 24.0 Å². The number of halogens is 1. The van der Waals surface area contributed by atoms with Gasteiger partial charge in [0.15, 0.2) is 17.5 Å². The van der Waals surface area contributed by atoms with E-state index in [4.69, 9.17) is 9.47 Å². The van der Waals surface area contributed by atoms with Gasteiger partial charge in [-0.25, -0.2) is 0 Å². The Kier molecular flexibility index (Phi) is 7.90. The van der Waals surface area contributed by atoms with Crippen LogP contribution in [0, 0.1) is 0 Å². The lowest BCUT2D eigenvalue weighted by atomic mass is 10.2. The third-order valence-electron chi connectivity index (χ3n) is 3.82. The largest absolute Gasteiger partial charge is 0.490 e. The Bertz CT molecular complexity index is 674. The summed E-state index contributed by atoms with van der Waals surface area (Å²) in [5, 5.41) is 6.63. The molecule has 2 N–H and O–H groups in total. The van der Waals surface area contributed by atoms with Gasteiger partial charge in [-0.3, -0.25) is 4.99 Å². The molecule has 1 aromatic carbocycles. The van der Waals surface area contributed by atoms with Crippen LogP contribution in [0.5, 0.6) is 11.5 Å². The summed E-state index contributed by atoms with van der Waals surface area (Å²) < 4.78 is 13.5. The molecule has 0 saturated carbocycles. The predicted octanol–water partition coefficient (Wildman–Crippen LogP) is 2.63. The zero-order valence-electron chi connectivity index (χ0n) is 14.4. The van der Waals surface area contributed by atoms with E-state index in [1.54, 1.807) is 7.05 Å². The van der Waals surface area contributed by atoms with E-state index in [2.05, 4.69) is 32.6 Å². The third-order valence-corrected chi connectivity index (χ3v) is 3.82. The highest BCUT2D eigenvalue weighted by Crippen LogP contribution is 2.30. The van der Waals surface area contributed by atoms with Crippen molar-refractivity contribution < 1.29 is 9.47 Å². The van der Waals surface area contributed by atoms with Gasteiger partial charge in [-0.1, -0.05) is 6.07 Å². The molecule has 0 bridgehead atoms. The highest BCUT2D eigenvalue weighted by atomic mass is 127. The van der Waals surface area contributed by atoms with Crippen molar-refractivity contribution in [2.75, 3.05) is 26.8 Å². The summed E-state index contributed by atoms with van der Waals surface area (Å²) in [5.41, 5.74) is 1.13. The molecule has 25 heavy (non-hydrogen) atoms. The summed E-state index contributed by atoms with van der Waals surface area (Å²) in [6, 6.07) is 10.1. The van der Waals surface area contributed by atoms with Gasteiger partial charge >= 0.3 is 0 Å². The van der Waals surface area contributed by atoms with Crippen LogP contribution in [-0.2, 0) is 13.1 Å². The van der Waals surface area contributed by atoms with Crippen LogP contribution in [0.25, 0.3) is 0 Å². The average Bonchev–Trinajstić information content (AvgIpc) is 3.01. The van der Waals surface area contributed by atoms with E-state index in [0.29, 0.717) is 19.8 Å². The maximum Gasteiger partial charge on any atom is 0.191 e. The quantitative estimate of drug-likeness (QED) is 0.413. The van der Waals surface area contributed by atoms with Crippen LogP contribution in [0.3, 0.4) is 0 Å². The zero-order chi connectivity index (χ0) is 16.6. The normalized spacial score (nSPS) is 13.6. The molecule has 2 heterocycles. The summed E-state index contributed by atoms with van der Waals surface area (Å²) in [6.45, 7) is 3.81. The second-order valence-corrected chi connectivity index (χ2v) is 5.60. The Morgan fingerprint density at radius 1 is 1.12 bits per heavy atom. The standard InChI is InChI=1S/C18H24N4O2.HI/c1-19-18(20-7-10-22-8-2-3-9-22)21-14-15-5-6-16-17(13-15)24-12-4-11-23-16;/h2-3,5-6,8-9,13H,4,7,10-12,14H2,1H3,(H2,19,20,21);1H. The molecule has 136 valence electrons. The van der Waals surface area contributed by atoms with Crippen molar-refractivity contribution >= 4 is 29.9 Å². The highest BCUT2D eigenvalue weighted by Gasteiger charge is 2.10. The Morgan fingerprint density at radius 3 is 2.64 bits per heavy atom. The van der Waals surface area contributed by atoms with Gasteiger partial charge in [0.25, 0.3) is 0 Å².